The van der Waals surface area contributed by atoms with Gasteiger partial charge >= 0.3 is 0 Å². The topological polar surface area (TPSA) is 53.7 Å². The lowest BCUT2D eigenvalue weighted by Crippen LogP contribution is -2.40. The van der Waals surface area contributed by atoms with E-state index in [1.54, 1.807) is 0 Å². The zero-order valence-corrected chi connectivity index (χ0v) is 15.0. The summed E-state index contributed by atoms with van der Waals surface area (Å²) in [6.45, 7) is 5.61. The van der Waals surface area contributed by atoms with Crippen LogP contribution in [0, 0.1) is 19.8 Å². The SMILES string of the molecule is Cc1cc(Cl)c2oc(C(=O)N3CCCC(CCCO)C3)c(C)c2c1. The van der Waals surface area contributed by atoms with Crippen molar-refractivity contribution in [1.82, 2.24) is 4.90 Å². The summed E-state index contributed by atoms with van der Waals surface area (Å²) < 4.78 is 5.85. The molecule has 1 saturated heterocycles. The molecular formula is C19H24ClNO3. The Balaban J connectivity index is 1.86. The van der Waals surface area contributed by atoms with E-state index in [-0.39, 0.29) is 12.5 Å². The maximum Gasteiger partial charge on any atom is 0.289 e. The first-order chi connectivity index (χ1) is 11.5. The summed E-state index contributed by atoms with van der Waals surface area (Å²) in [6.07, 6.45) is 3.88. The number of benzene rings is 1. The quantitative estimate of drug-likeness (QED) is 0.893. The number of aryl methyl sites for hydroxylation is 2. The van der Waals surface area contributed by atoms with Crippen LogP contribution in [0.2, 0.25) is 5.02 Å². The number of fused-ring (bicyclic) bond motifs is 1. The third-order valence-electron chi connectivity index (χ3n) is 4.91. The molecule has 0 aliphatic carbocycles. The fraction of sp³-hybridized carbons (Fsp3) is 0.526. The van der Waals surface area contributed by atoms with Crippen molar-refractivity contribution in [3.05, 3.63) is 34.0 Å². The van der Waals surface area contributed by atoms with Crippen molar-refractivity contribution in [3.63, 3.8) is 0 Å². The van der Waals surface area contributed by atoms with Crippen LogP contribution in [0.4, 0.5) is 0 Å². The Morgan fingerprint density at radius 3 is 2.96 bits per heavy atom. The van der Waals surface area contributed by atoms with Gasteiger partial charge in [0.25, 0.3) is 5.91 Å². The molecule has 2 aromatic rings. The molecule has 5 heteroatoms. The number of amides is 1. The van der Waals surface area contributed by atoms with Crippen molar-refractivity contribution in [2.45, 2.75) is 39.5 Å². The minimum atomic E-state index is -0.0499. The number of halogens is 1. The predicted molar refractivity (Wildman–Crippen MR) is 95.6 cm³/mol. The van der Waals surface area contributed by atoms with Gasteiger partial charge in [-0.2, -0.15) is 0 Å². The Bertz CT molecular complexity index is 753. The Morgan fingerprint density at radius 1 is 1.42 bits per heavy atom. The lowest BCUT2D eigenvalue weighted by atomic mass is 9.93. The number of aliphatic hydroxyl groups excluding tert-OH is 1. The van der Waals surface area contributed by atoms with E-state index in [4.69, 9.17) is 21.1 Å². The van der Waals surface area contributed by atoms with Crippen LogP contribution < -0.4 is 0 Å². The molecule has 2 heterocycles. The number of aliphatic hydroxyl groups is 1. The molecule has 3 rings (SSSR count). The zero-order valence-electron chi connectivity index (χ0n) is 14.3. The number of hydrogen-bond acceptors (Lipinski definition) is 3. The Kier molecular flexibility index (Phi) is 5.16. The molecular weight excluding hydrogens is 326 g/mol. The van der Waals surface area contributed by atoms with Crippen LogP contribution in [0.1, 0.15) is 47.4 Å². The van der Waals surface area contributed by atoms with Gasteiger partial charge in [0.15, 0.2) is 11.3 Å². The summed E-state index contributed by atoms with van der Waals surface area (Å²) in [5.41, 5.74) is 2.51. The minimum absolute atomic E-state index is 0.0499. The van der Waals surface area contributed by atoms with Crippen LogP contribution in [0.15, 0.2) is 16.5 Å². The third-order valence-corrected chi connectivity index (χ3v) is 5.19. The molecule has 0 radical (unpaired) electrons. The van der Waals surface area contributed by atoms with Crippen LogP contribution in [0.25, 0.3) is 11.0 Å². The highest BCUT2D eigenvalue weighted by molar-refractivity contribution is 6.35. The van der Waals surface area contributed by atoms with Gasteiger partial charge in [-0.15, -0.1) is 0 Å². The largest absolute Gasteiger partial charge is 0.449 e. The van der Waals surface area contributed by atoms with Crippen molar-refractivity contribution in [2.24, 2.45) is 5.92 Å². The van der Waals surface area contributed by atoms with Crippen LogP contribution in [-0.4, -0.2) is 35.6 Å². The maximum atomic E-state index is 12.9. The predicted octanol–water partition coefficient (Wildman–Crippen LogP) is 4.33. The van der Waals surface area contributed by atoms with Gasteiger partial charge in [0, 0.05) is 30.6 Å². The molecule has 1 amide bonds. The van der Waals surface area contributed by atoms with Gasteiger partial charge in [0.1, 0.15) is 0 Å². The number of rotatable bonds is 4. The number of hydrogen-bond donors (Lipinski definition) is 1. The van der Waals surface area contributed by atoms with Crippen molar-refractivity contribution < 1.29 is 14.3 Å². The van der Waals surface area contributed by atoms with Crippen LogP contribution in [-0.2, 0) is 0 Å². The average Bonchev–Trinajstić information content (AvgIpc) is 2.90. The molecule has 1 atom stereocenters. The summed E-state index contributed by atoms with van der Waals surface area (Å²) in [5.74, 6) is 0.816. The van der Waals surface area contributed by atoms with Crippen molar-refractivity contribution in [1.29, 1.82) is 0 Å². The minimum Gasteiger partial charge on any atom is -0.449 e. The van der Waals surface area contributed by atoms with Gasteiger partial charge < -0.3 is 14.4 Å². The molecule has 1 unspecified atom stereocenters. The number of nitrogens with zero attached hydrogens (tertiary/aromatic N) is 1. The fourth-order valence-corrected chi connectivity index (χ4v) is 3.94. The van der Waals surface area contributed by atoms with E-state index < -0.39 is 0 Å². The highest BCUT2D eigenvalue weighted by Crippen LogP contribution is 2.33. The van der Waals surface area contributed by atoms with E-state index in [9.17, 15) is 4.79 Å². The number of likely N-dealkylation sites (tertiary alicyclic amines) is 1. The second kappa shape index (κ2) is 7.16. The van der Waals surface area contributed by atoms with Crippen molar-refractivity contribution in [3.8, 4) is 0 Å². The number of carbonyl (C=O) groups is 1. The van der Waals surface area contributed by atoms with Crippen LogP contribution in [0.3, 0.4) is 0 Å². The first-order valence-corrected chi connectivity index (χ1v) is 8.98. The molecule has 1 aromatic carbocycles. The lowest BCUT2D eigenvalue weighted by molar-refractivity contribution is 0.0633. The number of carbonyl (C=O) groups excluding carboxylic acids is 1. The van der Waals surface area contributed by atoms with Crippen molar-refractivity contribution >= 4 is 28.5 Å². The molecule has 1 aromatic heterocycles. The molecule has 24 heavy (non-hydrogen) atoms. The summed E-state index contributed by atoms with van der Waals surface area (Å²) >= 11 is 6.28. The molecule has 0 spiro atoms. The molecule has 1 N–H and O–H groups in total. The lowest BCUT2D eigenvalue weighted by Gasteiger charge is -2.32. The molecule has 0 bridgehead atoms. The van der Waals surface area contributed by atoms with Crippen LogP contribution >= 0.6 is 11.6 Å². The molecule has 130 valence electrons. The maximum absolute atomic E-state index is 12.9. The Morgan fingerprint density at radius 2 is 2.21 bits per heavy atom. The van der Waals surface area contributed by atoms with Gasteiger partial charge in [0.05, 0.1) is 5.02 Å². The monoisotopic (exact) mass is 349 g/mol. The number of furan rings is 1. The second-order valence-electron chi connectivity index (χ2n) is 6.80. The first-order valence-electron chi connectivity index (χ1n) is 8.60. The Labute approximate surface area is 147 Å². The van der Waals surface area contributed by atoms with E-state index in [0.29, 0.717) is 22.3 Å². The summed E-state index contributed by atoms with van der Waals surface area (Å²) in [4.78, 5) is 14.8. The van der Waals surface area contributed by atoms with E-state index >= 15 is 0 Å². The van der Waals surface area contributed by atoms with Gasteiger partial charge in [-0.1, -0.05) is 11.6 Å². The molecule has 1 aliphatic heterocycles. The molecule has 1 aliphatic rings. The second-order valence-corrected chi connectivity index (χ2v) is 7.21. The molecule has 1 fully saturated rings. The summed E-state index contributed by atoms with van der Waals surface area (Å²) in [5, 5.41) is 10.5. The van der Waals surface area contributed by atoms with Crippen molar-refractivity contribution in [2.75, 3.05) is 19.7 Å². The zero-order chi connectivity index (χ0) is 17.3. The number of piperidine rings is 1. The highest BCUT2D eigenvalue weighted by atomic mass is 35.5. The Hall–Kier alpha value is -1.52. The normalized spacial score (nSPS) is 18.3. The van der Waals surface area contributed by atoms with Gasteiger partial charge in [-0.05, 0) is 63.1 Å². The molecule has 4 nitrogen and oxygen atoms in total. The van der Waals surface area contributed by atoms with E-state index in [2.05, 4.69) is 0 Å². The molecule has 0 saturated carbocycles. The van der Waals surface area contributed by atoms with Gasteiger partial charge in [-0.25, -0.2) is 0 Å². The standard InChI is InChI=1S/C19H24ClNO3/c1-12-9-15-13(2)17(24-18(15)16(20)10-12)19(23)21-7-3-5-14(11-21)6-4-8-22/h9-10,14,22H,3-8,11H2,1-2H3. The highest BCUT2D eigenvalue weighted by Gasteiger charge is 2.28. The average molecular weight is 350 g/mol. The first kappa shape index (κ1) is 17.3. The van der Waals surface area contributed by atoms with E-state index in [0.717, 1.165) is 55.3 Å². The van der Waals surface area contributed by atoms with E-state index in [1.807, 2.05) is 30.9 Å². The third kappa shape index (κ3) is 3.31. The van der Waals surface area contributed by atoms with Crippen LogP contribution in [0.5, 0.6) is 0 Å². The van der Waals surface area contributed by atoms with E-state index in [1.165, 1.54) is 0 Å². The summed E-state index contributed by atoms with van der Waals surface area (Å²) in [7, 11) is 0. The smallest absolute Gasteiger partial charge is 0.289 e. The summed E-state index contributed by atoms with van der Waals surface area (Å²) in [6, 6.07) is 3.87. The van der Waals surface area contributed by atoms with Gasteiger partial charge in [-0.3, -0.25) is 4.79 Å². The fourth-order valence-electron chi connectivity index (χ4n) is 3.62. The van der Waals surface area contributed by atoms with Gasteiger partial charge in [0.2, 0.25) is 0 Å².